The number of benzene rings is 2. The minimum atomic E-state index is -2.48. The predicted octanol–water partition coefficient (Wildman–Crippen LogP) is 8.59. The van der Waals surface area contributed by atoms with E-state index in [0.717, 1.165) is 11.8 Å². The lowest BCUT2D eigenvalue weighted by Crippen LogP contribution is -2.48. The molecule has 48 heavy (non-hydrogen) atoms. The van der Waals surface area contributed by atoms with Gasteiger partial charge < -0.3 is 28.5 Å². The highest BCUT2D eigenvalue weighted by molar-refractivity contribution is 6.74. The quantitative estimate of drug-likeness (QED) is 0.0977. The zero-order valence-corrected chi connectivity index (χ0v) is 31.5. The van der Waals surface area contributed by atoms with Crippen LogP contribution in [-0.4, -0.2) is 60.5 Å². The van der Waals surface area contributed by atoms with Crippen LogP contribution in [0.3, 0.4) is 0 Å². The Morgan fingerprint density at radius 1 is 0.917 bits per heavy atom. The van der Waals surface area contributed by atoms with E-state index in [9.17, 15) is 19.2 Å². The molecule has 0 fully saturated rings. The van der Waals surface area contributed by atoms with Gasteiger partial charge in [-0.15, -0.1) is 0 Å². The van der Waals surface area contributed by atoms with Gasteiger partial charge in [0, 0.05) is 23.1 Å². The summed E-state index contributed by atoms with van der Waals surface area (Å²) in [7, 11) is -2.48. The van der Waals surface area contributed by atoms with Crippen LogP contribution in [-0.2, 0) is 20.3 Å². The van der Waals surface area contributed by atoms with Gasteiger partial charge in [-0.2, -0.15) is 0 Å². The predicted molar refractivity (Wildman–Crippen MR) is 190 cm³/mol. The van der Waals surface area contributed by atoms with E-state index in [2.05, 4.69) is 38.8 Å². The molecule has 262 valence electrons. The molecule has 0 aliphatic carbocycles. The maximum Gasteiger partial charge on any atom is 0.514 e. The number of rotatable bonds is 10. The average molecular weight is 681 g/mol. The number of pyridine rings is 1. The highest BCUT2D eigenvalue weighted by Crippen LogP contribution is 2.42. The van der Waals surface area contributed by atoms with Crippen LogP contribution in [0.5, 0.6) is 5.75 Å². The van der Waals surface area contributed by atoms with Gasteiger partial charge in [0.05, 0.1) is 18.2 Å². The number of carbonyl (C=O) groups excluding carboxylic acids is 3. The lowest BCUT2D eigenvalue weighted by Gasteiger charge is -2.42. The van der Waals surface area contributed by atoms with Crippen molar-refractivity contribution >= 4 is 37.8 Å². The van der Waals surface area contributed by atoms with Crippen molar-refractivity contribution in [2.24, 2.45) is 0 Å². The second kappa shape index (κ2) is 14.7. The summed E-state index contributed by atoms with van der Waals surface area (Å²) in [6.45, 7) is 23.4. The number of hydrogen-bond acceptors (Lipinski definition) is 8. The zero-order chi connectivity index (χ0) is 36.2. The second-order valence-corrected chi connectivity index (χ2v) is 20.5. The van der Waals surface area contributed by atoms with Crippen LogP contribution in [0.2, 0.25) is 18.1 Å². The van der Waals surface area contributed by atoms with Crippen LogP contribution in [0.15, 0.2) is 53.3 Å². The van der Waals surface area contributed by atoms with Crippen LogP contribution < -0.4 is 10.3 Å². The average Bonchev–Trinajstić information content (AvgIpc) is 2.92. The summed E-state index contributed by atoms with van der Waals surface area (Å²) in [4.78, 5) is 55.1. The number of H-pyrrole nitrogens is 1. The van der Waals surface area contributed by atoms with E-state index in [0.29, 0.717) is 28.5 Å². The summed E-state index contributed by atoms with van der Waals surface area (Å²) in [5.41, 5.74) is 0.542. The maximum atomic E-state index is 13.9. The molecule has 1 amide bonds. The number of amides is 1. The molecule has 1 heterocycles. The first kappa shape index (κ1) is 38.5. The fourth-order valence-corrected chi connectivity index (χ4v) is 6.15. The van der Waals surface area contributed by atoms with E-state index >= 15 is 0 Å². The first-order valence-corrected chi connectivity index (χ1v) is 19.2. The monoisotopic (exact) mass is 680 g/mol. The number of nitrogens with one attached hydrogen (secondary N) is 1. The molecule has 0 spiro atoms. The number of hydrogen-bond donors (Lipinski definition) is 1. The van der Waals surface area contributed by atoms with Gasteiger partial charge in [-0.05, 0) is 102 Å². The summed E-state index contributed by atoms with van der Waals surface area (Å²) < 4.78 is 23.9. The molecule has 0 aliphatic rings. The van der Waals surface area contributed by atoms with E-state index < -0.39 is 37.9 Å². The number of fused-ring (bicyclic) bond motifs is 1. The fraction of sp³-hybridized carbons (Fsp3) is 0.514. The molecular formula is C37H52N2O8Si. The Balaban J connectivity index is 2.18. The van der Waals surface area contributed by atoms with Gasteiger partial charge >= 0.3 is 12.2 Å². The molecule has 0 unspecified atom stereocenters. The van der Waals surface area contributed by atoms with E-state index in [1.807, 2.05) is 45.9 Å². The van der Waals surface area contributed by atoms with Crippen LogP contribution in [0, 0.1) is 0 Å². The lowest BCUT2D eigenvalue weighted by molar-refractivity contribution is 0.00677. The SMILES string of the molecule is C[C@H](Cc1cccc(C=O)c1)N(C[C@H](O[Si](C)(C)C(C)(C)C)c1ccc(OC(=O)OC(C)(C)C)c2[nH]c(=O)ccc12)C(=O)OC(C)(C)C. The highest BCUT2D eigenvalue weighted by atomic mass is 28.4. The van der Waals surface area contributed by atoms with Crippen LogP contribution in [0.1, 0.15) is 96.8 Å². The number of ether oxygens (including phenoxy) is 3. The summed E-state index contributed by atoms with van der Waals surface area (Å²) >= 11 is 0. The van der Waals surface area contributed by atoms with Crippen molar-refractivity contribution in [3.05, 3.63) is 75.6 Å². The topological polar surface area (TPSA) is 124 Å². The Hall–Kier alpha value is -3.96. The molecule has 11 heteroatoms. The standard InChI is InChI=1S/C37H52N2O8Si/c1-24(20-25-14-13-15-26(21-25)23-40)39(33(42)45-35(2,3)4)22-30(47-48(11,12)37(8,9)10)27-16-18-29(44-34(43)46-36(5,6)7)32-28(27)17-19-31(41)38-32/h13-19,21,23-24,30H,20,22H2,1-12H3,(H,38,41)/t24-,30+/m1/s1. The Labute approximate surface area is 285 Å². The van der Waals surface area contributed by atoms with Gasteiger partial charge in [-0.3, -0.25) is 9.59 Å². The Morgan fingerprint density at radius 3 is 2.15 bits per heavy atom. The van der Waals surface area contributed by atoms with Crippen molar-refractivity contribution in [2.75, 3.05) is 6.54 Å². The molecule has 3 rings (SSSR count). The molecule has 0 bridgehead atoms. The number of aldehydes is 1. The van der Waals surface area contributed by atoms with Crippen molar-refractivity contribution in [3.8, 4) is 5.75 Å². The first-order valence-electron chi connectivity index (χ1n) is 16.3. The molecule has 2 aromatic carbocycles. The number of aromatic amines is 1. The first-order chi connectivity index (χ1) is 22.0. The molecule has 1 N–H and O–H groups in total. The minimum Gasteiger partial charge on any atom is -0.444 e. The third kappa shape index (κ3) is 10.5. The molecule has 0 aliphatic heterocycles. The van der Waals surface area contributed by atoms with Gasteiger partial charge in [0.2, 0.25) is 5.56 Å². The third-order valence-corrected chi connectivity index (χ3v) is 12.7. The zero-order valence-electron chi connectivity index (χ0n) is 30.5. The molecule has 1 aromatic heterocycles. The Morgan fingerprint density at radius 2 is 1.56 bits per heavy atom. The lowest BCUT2D eigenvalue weighted by atomic mass is 10.0. The van der Waals surface area contributed by atoms with Gasteiger partial charge in [0.15, 0.2) is 14.1 Å². The van der Waals surface area contributed by atoms with Gasteiger partial charge in [0.25, 0.3) is 0 Å². The maximum absolute atomic E-state index is 13.9. The van der Waals surface area contributed by atoms with Gasteiger partial charge in [0.1, 0.15) is 17.5 Å². The summed E-state index contributed by atoms with van der Waals surface area (Å²) in [5.74, 6) is 0.124. The molecule has 2 atom stereocenters. The van der Waals surface area contributed by atoms with Crippen molar-refractivity contribution < 1.29 is 33.0 Å². The summed E-state index contributed by atoms with van der Waals surface area (Å²) in [6.07, 6.45) is -0.808. The minimum absolute atomic E-state index is 0.121. The molecule has 0 saturated heterocycles. The summed E-state index contributed by atoms with van der Waals surface area (Å²) in [5, 5.41) is 0.419. The van der Waals surface area contributed by atoms with Crippen LogP contribution >= 0.6 is 0 Å². The van der Waals surface area contributed by atoms with E-state index in [4.69, 9.17) is 18.6 Å². The number of aromatic nitrogens is 1. The van der Waals surface area contributed by atoms with Crippen molar-refractivity contribution in [3.63, 3.8) is 0 Å². The molecule has 0 saturated carbocycles. The van der Waals surface area contributed by atoms with E-state index in [1.165, 1.54) is 6.07 Å². The van der Waals surface area contributed by atoms with Crippen LogP contribution in [0.25, 0.3) is 10.9 Å². The smallest absolute Gasteiger partial charge is 0.444 e. The highest BCUT2D eigenvalue weighted by Gasteiger charge is 2.41. The second-order valence-electron chi connectivity index (χ2n) is 15.7. The summed E-state index contributed by atoms with van der Waals surface area (Å²) in [6, 6.07) is 13.4. The third-order valence-electron chi connectivity index (χ3n) is 8.20. The molecule has 3 aromatic rings. The molecule has 10 nitrogen and oxygen atoms in total. The van der Waals surface area contributed by atoms with Crippen molar-refractivity contribution in [2.45, 2.75) is 117 Å². The number of carbonyl (C=O) groups is 3. The normalized spacial score (nSPS) is 13.8. The number of nitrogens with zero attached hydrogens (tertiary/aromatic N) is 1. The van der Waals surface area contributed by atoms with E-state index in [1.54, 1.807) is 49.9 Å². The van der Waals surface area contributed by atoms with Crippen molar-refractivity contribution in [1.82, 2.24) is 9.88 Å². The largest absolute Gasteiger partial charge is 0.514 e. The van der Waals surface area contributed by atoms with Gasteiger partial charge in [-0.1, -0.05) is 45.0 Å². The Bertz CT molecular complexity index is 1680. The Kier molecular flexibility index (Phi) is 11.7. The van der Waals surface area contributed by atoms with E-state index in [-0.39, 0.29) is 28.9 Å². The van der Waals surface area contributed by atoms with Crippen molar-refractivity contribution in [1.29, 1.82) is 0 Å². The fourth-order valence-electron chi connectivity index (χ4n) is 4.88. The molecular weight excluding hydrogens is 628 g/mol. The van der Waals surface area contributed by atoms with Gasteiger partial charge in [-0.25, -0.2) is 9.59 Å². The molecule has 0 radical (unpaired) electrons. The van der Waals surface area contributed by atoms with Crippen LogP contribution in [0.4, 0.5) is 9.59 Å².